The zero-order valence-corrected chi connectivity index (χ0v) is 20.9. The number of piperazine rings is 1. The van der Waals surface area contributed by atoms with Crippen molar-refractivity contribution in [2.75, 3.05) is 59.3 Å². The molecular weight excluding hydrogens is 430 g/mol. The van der Waals surface area contributed by atoms with Gasteiger partial charge < -0.3 is 25.3 Å². The molecular formula is C25H37N7S. The monoisotopic (exact) mass is 467 g/mol. The van der Waals surface area contributed by atoms with Crippen LogP contribution in [0.5, 0.6) is 0 Å². The van der Waals surface area contributed by atoms with E-state index in [1.807, 2.05) is 0 Å². The SMILES string of the molecule is CC(C)CNC(=S)Nc1nc(N2CCN(c3ccccc3)CC2)cc(N2CCCCC2C)n1. The Kier molecular flexibility index (Phi) is 7.85. The number of para-hydroxylation sites is 1. The molecule has 0 bridgehead atoms. The zero-order valence-electron chi connectivity index (χ0n) is 20.1. The van der Waals surface area contributed by atoms with Crippen LogP contribution in [0.2, 0.25) is 0 Å². The molecule has 0 spiro atoms. The highest BCUT2D eigenvalue weighted by molar-refractivity contribution is 7.80. The molecule has 0 radical (unpaired) electrons. The van der Waals surface area contributed by atoms with Gasteiger partial charge in [-0.2, -0.15) is 9.97 Å². The van der Waals surface area contributed by atoms with E-state index in [0.29, 0.717) is 23.0 Å². The van der Waals surface area contributed by atoms with E-state index in [2.05, 4.69) is 82.5 Å². The number of nitrogens with one attached hydrogen (secondary N) is 2. The van der Waals surface area contributed by atoms with Gasteiger partial charge in [-0.15, -0.1) is 0 Å². The molecule has 0 amide bonds. The number of rotatable bonds is 6. The average Bonchev–Trinajstić information content (AvgIpc) is 2.83. The van der Waals surface area contributed by atoms with Crippen LogP contribution >= 0.6 is 12.2 Å². The van der Waals surface area contributed by atoms with E-state index < -0.39 is 0 Å². The van der Waals surface area contributed by atoms with Crippen LogP contribution in [0.15, 0.2) is 36.4 Å². The van der Waals surface area contributed by atoms with Crippen molar-refractivity contribution < 1.29 is 0 Å². The third-order valence-corrected chi connectivity index (χ3v) is 6.66. The van der Waals surface area contributed by atoms with Gasteiger partial charge in [-0.25, -0.2) is 0 Å². The largest absolute Gasteiger partial charge is 0.368 e. The average molecular weight is 468 g/mol. The Labute approximate surface area is 203 Å². The van der Waals surface area contributed by atoms with Crippen molar-refractivity contribution in [2.45, 2.75) is 46.1 Å². The maximum absolute atomic E-state index is 5.51. The molecule has 178 valence electrons. The molecule has 1 unspecified atom stereocenters. The smallest absolute Gasteiger partial charge is 0.232 e. The molecule has 2 N–H and O–H groups in total. The maximum atomic E-state index is 5.51. The summed E-state index contributed by atoms with van der Waals surface area (Å²) in [5, 5.41) is 7.08. The lowest BCUT2D eigenvalue weighted by Gasteiger charge is -2.38. The van der Waals surface area contributed by atoms with Crippen LogP contribution < -0.4 is 25.3 Å². The molecule has 33 heavy (non-hydrogen) atoms. The number of hydrogen-bond donors (Lipinski definition) is 2. The van der Waals surface area contributed by atoms with E-state index in [4.69, 9.17) is 22.2 Å². The Bertz CT molecular complexity index is 912. The lowest BCUT2D eigenvalue weighted by atomic mass is 10.0. The maximum Gasteiger partial charge on any atom is 0.232 e. The van der Waals surface area contributed by atoms with Crippen molar-refractivity contribution in [2.24, 2.45) is 5.92 Å². The van der Waals surface area contributed by atoms with Crippen LogP contribution in [0.25, 0.3) is 0 Å². The molecule has 1 atom stereocenters. The fourth-order valence-corrected chi connectivity index (χ4v) is 4.68. The molecule has 2 aliphatic rings. The molecule has 2 aromatic rings. The number of anilines is 4. The Hall–Kier alpha value is -2.61. The minimum absolute atomic E-state index is 0.482. The summed E-state index contributed by atoms with van der Waals surface area (Å²) in [5.74, 6) is 3.06. The fourth-order valence-electron chi connectivity index (χ4n) is 4.50. The van der Waals surface area contributed by atoms with Crippen molar-refractivity contribution in [3.8, 4) is 0 Å². The van der Waals surface area contributed by atoms with E-state index in [0.717, 1.165) is 50.9 Å². The van der Waals surface area contributed by atoms with Crippen LogP contribution in [-0.2, 0) is 0 Å². The number of piperidine rings is 1. The summed E-state index contributed by atoms with van der Waals surface area (Å²) in [4.78, 5) is 17.0. The van der Waals surface area contributed by atoms with Gasteiger partial charge in [0, 0.05) is 57.1 Å². The third-order valence-electron chi connectivity index (χ3n) is 6.42. The van der Waals surface area contributed by atoms with Crippen LogP contribution in [0.4, 0.5) is 23.3 Å². The van der Waals surface area contributed by atoms with Gasteiger partial charge in [0.05, 0.1) is 0 Å². The molecule has 8 heteroatoms. The van der Waals surface area contributed by atoms with E-state index in [-0.39, 0.29) is 0 Å². The normalized spacial score (nSPS) is 19.0. The summed E-state index contributed by atoms with van der Waals surface area (Å²) in [6, 6.07) is 13.3. The van der Waals surface area contributed by atoms with E-state index in [1.165, 1.54) is 24.9 Å². The van der Waals surface area contributed by atoms with E-state index in [1.54, 1.807) is 0 Å². The molecule has 2 aliphatic heterocycles. The van der Waals surface area contributed by atoms with Crippen molar-refractivity contribution >= 4 is 40.6 Å². The molecule has 4 rings (SSSR count). The van der Waals surface area contributed by atoms with Crippen molar-refractivity contribution in [1.29, 1.82) is 0 Å². The van der Waals surface area contributed by atoms with Gasteiger partial charge in [0.1, 0.15) is 11.6 Å². The number of nitrogens with zero attached hydrogens (tertiary/aromatic N) is 5. The van der Waals surface area contributed by atoms with Crippen LogP contribution in [0, 0.1) is 5.92 Å². The van der Waals surface area contributed by atoms with Gasteiger partial charge in [0.25, 0.3) is 0 Å². The van der Waals surface area contributed by atoms with E-state index in [9.17, 15) is 0 Å². The number of thiocarbonyl (C=S) groups is 1. The van der Waals surface area contributed by atoms with Gasteiger partial charge in [-0.1, -0.05) is 32.0 Å². The summed E-state index contributed by atoms with van der Waals surface area (Å²) < 4.78 is 0. The van der Waals surface area contributed by atoms with Crippen molar-refractivity contribution in [3.05, 3.63) is 36.4 Å². The first kappa shape index (κ1) is 23.5. The van der Waals surface area contributed by atoms with E-state index >= 15 is 0 Å². The molecule has 0 saturated carbocycles. The lowest BCUT2D eigenvalue weighted by molar-refractivity contribution is 0.481. The Morgan fingerprint density at radius 2 is 1.70 bits per heavy atom. The second-order valence-corrected chi connectivity index (χ2v) is 9.89. The number of benzene rings is 1. The molecule has 2 saturated heterocycles. The first-order valence-electron chi connectivity index (χ1n) is 12.2. The van der Waals surface area contributed by atoms with Gasteiger partial charge in [0.15, 0.2) is 5.11 Å². The van der Waals surface area contributed by atoms with Gasteiger partial charge in [-0.05, 0) is 56.5 Å². The minimum Gasteiger partial charge on any atom is -0.368 e. The predicted octanol–water partition coefficient (Wildman–Crippen LogP) is 4.12. The predicted molar refractivity (Wildman–Crippen MR) is 143 cm³/mol. The van der Waals surface area contributed by atoms with Crippen LogP contribution in [0.1, 0.15) is 40.0 Å². The molecule has 2 fully saturated rings. The highest BCUT2D eigenvalue weighted by Crippen LogP contribution is 2.28. The van der Waals surface area contributed by atoms with Crippen LogP contribution in [-0.4, -0.2) is 60.4 Å². The van der Waals surface area contributed by atoms with Gasteiger partial charge >= 0.3 is 0 Å². The fraction of sp³-hybridized carbons (Fsp3) is 0.560. The highest BCUT2D eigenvalue weighted by Gasteiger charge is 2.24. The van der Waals surface area contributed by atoms with Crippen LogP contribution in [0.3, 0.4) is 0 Å². The Balaban J connectivity index is 1.52. The molecule has 1 aromatic carbocycles. The lowest BCUT2D eigenvalue weighted by Crippen LogP contribution is -2.47. The summed E-state index contributed by atoms with van der Waals surface area (Å²) in [6.07, 6.45) is 3.69. The number of aromatic nitrogens is 2. The minimum atomic E-state index is 0.482. The summed E-state index contributed by atoms with van der Waals surface area (Å²) >= 11 is 5.51. The highest BCUT2D eigenvalue weighted by atomic mass is 32.1. The summed E-state index contributed by atoms with van der Waals surface area (Å²) in [7, 11) is 0. The molecule has 1 aromatic heterocycles. The second kappa shape index (κ2) is 11.0. The first-order valence-corrected chi connectivity index (χ1v) is 12.7. The third kappa shape index (κ3) is 6.25. The molecule has 7 nitrogen and oxygen atoms in total. The molecule has 3 heterocycles. The topological polar surface area (TPSA) is 59.6 Å². The van der Waals surface area contributed by atoms with Gasteiger partial charge in [0.2, 0.25) is 5.95 Å². The molecule has 0 aliphatic carbocycles. The quantitative estimate of drug-likeness (QED) is 0.615. The summed E-state index contributed by atoms with van der Waals surface area (Å²) in [5.41, 5.74) is 1.28. The number of hydrogen-bond acceptors (Lipinski definition) is 6. The first-order chi connectivity index (χ1) is 16.0. The van der Waals surface area contributed by atoms with Gasteiger partial charge in [-0.3, -0.25) is 0 Å². The standard InChI is InChI=1S/C25H37N7S/c1-19(2)18-26-25(33)29-24-27-22(17-23(28-24)32-12-8-7-9-20(32)3)31-15-13-30(14-16-31)21-10-5-4-6-11-21/h4-6,10-11,17,19-20H,7-9,12-16,18H2,1-3H3,(H2,26,27,28,29,33). The zero-order chi connectivity index (χ0) is 23.2. The summed E-state index contributed by atoms with van der Waals surface area (Å²) in [6.45, 7) is 12.3. The Morgan fingerprint density at radius 1 is 1.00 bits per heavy atom. The van der Waals surface area contributed by atoms with Crippen molar-refractivity contribution in [3.63, 3.8) is 0 Å². The Morgan fingerprint density at radius 3 is 2.39 bits per heavy atom. The second-order valence-electron chi connectivity index (χ2n) is 9.48. The van der Waals surface area contributed by atoms with Crippen molar-refractivity contribution in [1.82, 2.24) is 15.3 Å².